The van der Waals surface area contributed by atoms with Crippen LogP contribution in [-0.2, 0) is 10.0 Å². The van der Waals surface area contributed by atoms with Gasteiger partial charge in [-0.05, 0) is 37.8 Å². The molecule has 0 radical (unpaired) electrons. The number of pyridine rings is 1. The van der Waals surface area contributed by atoms with Gasteiger partial charge in [-0.15, -0.1) is 0 Å². The first-order chi connectivity index (χ1) is 10.1. The van der Waals surface area contributed by atoms with Crippen LogP contribution in [0.5, 0.6) is 0 Å². The molecule has 1 aromatic rings. The first-order valence-electron chi connectivity index (χ1n) is 7.79. The number of hydrogen-bond donors (Lipinski definition) is 2. The van der Waals surface area contributed by atoms with Crippen molar-refractivity contribution >= 4 is 15.8 Å². The predicted molar refractivity (Wildman–Crippen MR) is 84.8 cm³/mol. The van der Waals surface area contributed by atoms with Crippen LogP contribution in [0.15, 0.2) is 23.2 Å². The van der Waals surface area contributed by atoms with Crippen LogP contribution in [0, 0.1) is 5.92 Å². The zero-order valence-electron chi connectivity index (χ0n) is 12.8. The molecule has 0 bridgehead atoms. The molecule has 5 nitrogen and oxygen atoms in total. The zero-order chi connectivity index (χ0) is 15.3. The van der Waals surface area contributed by atoms with E-state index in [1.165, 1.54) is 6.42 Å². The number of rotatable bonds is 6. The molecule has 0 saturated heterocycles. The Labute approximate surface area is 127 Å². The van der Waals surface area contributed by atoms with E-state index in [1.54, 1.807) is 18.3 Å². The maximum Gasteiger partial charge on any atom is 0.244 e. The number of aromatic nitrogens is 1. The molecule has 1 aliphatic rings. The molecule has 2 unspecified atom stereocenters. The number of nitrogens with zero attached hydrogens (tertiary/aromatic N) is 1. The Balaban J connectivity index is 2.21. The maximum atomic E-state index is 12.7. The minimum Gasteiger partial charge on any atom is -0.369 e. The van der Waals surface area contributed by atoms with Gasteiger partial charge in [-0.1, -0.05) is 26.2 Å². The molecular weight excluding hydrogens is 286 g/mol. The van der Waals surface area contributed by atoms with E-state index < -0.39 is 10.0 Å². The Hall–Kier alpha value is -1.14. The third kappa shape index (κ3) is 3.95. The summed E-state index contributed by atoms with van der Waals surface area (Å²) in [5.74, 6) is 0.865. The van der Waals surface area contributed by atoms with Crippen molar-refractivity contribution in [2.75, 3.05) is 11.9 Å². The van der Waals surface area contributed by atoms with Gasteiger partial charge in [-0.25, -0.2) is 18.1 Å². The molecule has 0 aromatic carbocycles. The van der Waals surface area contributed by atoms with Gasteiger partial charge >= 0.3 is 0 Å². The highest BCUT2D eigenvalue weighted by Crippen LogP contribution is 2.28. The van der Waals surface area contributed by atoms with Gasteiger partial charge in [0.05, 0.1) is 0 Å². The molecule has 0 spiro atoms. The molecule has 1 saturated carbocycles. The lowest BCUT2D eigenvalue weighted by molar-refractivity contribution is 0.282. The van der Waals surface area contributed by atoms with E-state index in [0.29, 0.717) is 18.3 Å². The third-order valence-corrected chi connectivity index (χ3v) is 5.67. The summed E-state index contributed by atoms with van der Waals surface area (Å²) in [5.41, 5.74) is 0. The van der Waals surface area contributed by atoms with Crippen LogP contribution in [0.25, 0.3) is 0 Å². The highest BCUT2D eigenvalue weighted by molar-refractivity contribution is 7.89. The van der Waals surface area contributed by atoms with Crippen molar-refractivity contribution in [2.24, 2.45) is 5.92 Å². The summed E-state index contributed by atoms with van der Waals surface area (Å²) in [4.78, 5) is 4.38. The molecule has 21 heavy (non-hydrogen) atoms. The molecule has 2 atom stereocenters. The number of hydrogen-bond acceptors (Lipinski definition) is 4. The van der Waals surface area contributed by atoms with Crippen molar-refractivity contribution in [1.29, 1.82) is 0 Å². The van der Waals surface area contributed by atoms with Gasteiger partial charge in [-0.2, -0.15) is 0 Å². The molecule has 2 rings (SSSR count). The first kappa shape index (κ1) is 16.2. The van der Waals surface area contributed by atoms with E-state index in [-0.39, 0.29) is 10.9 Å². The average Bonchev–Trinajstić information content (AvgIpc) is 2.48. The van der Waals surface area contributed by atoms with E-state index in [1.807, 2.05) is 6.92 Å². The quantitative estimate of drug-likeness (QED) is 0.847. The van der Waals surface area contributed by atoms with Gasteiger partial charge in [0.1, 0.15) is 10.7 Å². The van der Waals surface area contributed by atoms with Crippen molar-refractivity contribution < 1.29 is 8.42 Å². The largest absolute Gasteiger partial charge is 0.369 e. The molecule has 0 aliphatic heterocycles. The third-order valence-electron chi connectivity index (χ3n) is 4.14. The van der Waals surface area contributed by atoms with Crippen molar-refractivity contribution in [2.45, 2.75) is 56.9 Å². The Bertz CT molecular complexity index is 560. The van der Waals surface area contributed by atoms with Crippen LogP contribution in [0.1, 0.15) is 46.0 Å². The van der Waals surface area contributed by atoms with Crippen LogP contribution in [0.3, 0.4) is 0 Å². The van der Waals surface area contributed by atoms with Crippen LogP contribution in [0.2, 0.25) is 0 Å². The summed E-state index contributed by atoms with van der Waals surface area (Å²) in [5, 5.41) is 3.01. The maximum absolute atomic E-state index is 12.7. The van der Waals surface area contributed by atoms with Crippen LogP contribution < -0.4 is 10.0 Å². The van der Waals surface area contributed by atoms with E-state index in [4.69, 9.17) is 0 Å². The molecule has 1 fully saturated rings. The minimum atomic E-state index is -3.53. The second-order valence-corrected chi connectivity index (χ2v) is 7.24. The summed E-state index contributed by atoms with van der Waals surface area (Å²) < 4.78 is 28.2. The molecular formula is C15H25N3O2S. The van der Waals surface area contributed by atoms with Crippen molar-refractivity contribution in [3.05, 3.63) is 18.3 Å². The van der Waals surface area contributed by atoms with Gasteiger partial charge in [-0.3, -0.25) is 0 Å². The number of anilines is 1. The topological polar surface area (TPSA) is 71.1 Å². The molecule has 118 valence electrons. The minimum absolute atomic E-state index is 0.0448. The lowest BCUT2D eigenvalue weighted by Gasteiger charge is -2.31. The summed E-state index contributed by atoms with van der Waals surface area (Å²) in [7, 11) is -3.53. The zero-order valence-corrected chi connectivity index (χ0v) is 13.6. The monoisotopic (exact) mass is 311 g/mol. The lowest BCUT2D eigenvalue weighted by atomic mass is 9.83. The van der Waals surface area contributed by atoms with Gasteiger partial charge in [0.25, 0.3) is 0 Å². The SMILES string of the molecule is CCNc1ncccc1S(=O)(=O)NC1CCCCC1CC. The van der Waals surface area contributed by atoms with Crippen LogP contribution >= 0.6 is 0 Å². The van der Waals surface area contributed by atoms with E-state index in [2.05, 4.69) is 21.9 Å². The van der Waals surface area contributed by atoms with Crippen molar-refractivity contribution in [3.63, 3.8) is 0 Å². The normalized spacial score (nSPS) is 23.0. The smallest absolute Gasteiger partial charge is 0.244 e. The Morgan fingerprint density at radius 2 is 2.05 bits per heavy atom. The Morgan fingerprint density at radius 1 is 1.29 bits per heavy atom. The summed E-state index contributed by atoms with van der Waals surface area (Å²) >= 11 is 0. The molecule has 0 amide bonds. The van der Waals surface area contributed by atoms with Gasteiger partial charge in [0, 0.05) is 18.8 Å². The Kier molecular flexibility index (Phi) is 5.58. The highest BCUT2D eigenvalue weighted by Gasteiger charge is 2.29. The first-order valence-corrected chi connectivity index (χ1v) is 9.28. The standard InChI is InChI=1S/C15H25N3O2S/c1-3-12-8-5-6-9-13(12)18-21(19,20)14-10-7-11-17-15(14)16-4-2/h7,10-13,18H,3-6,8-9H2,1-2H3,(H,16,17). The second kappa shape index (κ2) is 7.22. The fourth-order valence-corrected chi connectivity index (χ4v) is 4.49. The second-order valence-electron chi connectivity index (χ2n) is 5.56. The number of nitrogens with one attached hydrogen (secondary N) is 2. The van der Waals surface area contributed by atoms with E-state index >= 15 is 0 Å². The van der Waals surface area contributed by atoms with Crippen LogP contribution in [-0.4, -0.2) is 26.0 Å². The van der Waals surface area contributed by atoms with E-state index in [9.17, 15) is 8.42 Å². The molecule has 6 heteroatoms. The number of sulfonamides is 1. The highest BCUT2D eigenvalue weighted by atomic mass is 32.2. The predicted octanol–water partition coefficient (Wildman–Crippen LogP) is 2.76. The summed E-state index contributed by atoms with van der Waals surface area (Å²) in [6.45, 7) is 4.69. The summed E-state index contributed by atoms with van der Waals surface area (Å²) in [6, 6.07) is 3.31. The van der Waals surface area contributed by atoms with Gasteiger partial charge < -0.3 is 5.32 Å². The Morgan fingerprint density at radius 3 is 2.76 bits per heavy atom. The average molecular weight is 311 g/mol. The van der Waals surface area contributed by atoms with E-state index in [0.717, 1.165) is 25.7 Å². The molecule has 2 N–H and O–H groups in total. The molecule has 1 heterocycles. The molecule has 1 aliphatic carbocycles. The summed E-state index contributed by atoms with van der Waals surface area (Å²) in [6.07, 6.45) is 6.95. The molecule has 1 aromatic heterocycles. The van der Waals surface area contributed by atoms with Crippen molar-refractivity contribution in [3.8, 4) is 0 Å². The van der Waals surface area contributed by atoms with Gasteiger partial charge in [0.2, 0.25) is 10.0 Å². The van der Waals surface area contributed by atoms with Crippen molar-refractivity contribution in [1.82, 2.24) is 9.71 Å². The van der Waals surface area contributed by atoms with Crippen LogP contribution in [0.4, 0.5) is 5.82 Å². The fourth-order valence-electron chi connectivity index (χ4n) is 3.02. The fraction of sp³-hybridized carbons (Fsp3) is 0.667. The van der Waals surface area contributed by atoms with Gasteiger partial charge in [0.15, 0.2) is 0 Å². The lowest BCUT2D eigenvalue weighted by Crippen LogP contribution is -2.42.